The molecular weight excluding hydrogens is 349 g/mol. The lowest BCUT2D eigenvalue weighted by atomic mass is 10.3. The zero-order valence-electron chi connectivity index (χ0n) is 15.6. The Morgan fingerprint density at radius 2 is 2.00 bits per heavy atom. The molecule has 8 heteroatoms. The third kappa shape index (κ3) is 5.62. The van der Waals surface area contributed by atoms with Crippen molar-refractivity contribution in [2.45, 2.75) is 19.9 Å². The fourth-order valence-corrected chi connectivity index (χ4v) is 2.92. The smallest absolute Gasteiger partial charge is 0.234 e. The number of nitrogens with one attached hydrogen (secondary N) is 1. The average molecular weight is 373 g/mol. The van der Waals surface area contributed by atoms with Crippen molar-refractivity contribution in [2.75, 3.05) is 37.6 Å². The van der Waals surface area contributed by atoms with Crippen molar-refractivity contribution in [3.8, 4) is 11.6 Å². The quantitative estimate of drug-likeness (QED) is 0.836. The number of rotatable bonds is 6. The monoisotopic (exact) mass is 373 g/mol. The second-order valence-electron chi connectivity index (χ2n) is 6.76. The van der Waals surface area contributed by atoms with Gasteiger partial charge in [0.05, 0.1) is 6.54 Å². The summed E-state index contributed by atoms with van der Waals surface area (Å²) in [6.45, 7) is 7.37. The molecule has 27 heavy (non-hydrogen) atoms. The van der Waals surface area contributed by atoms with Crippen molar-refractivity contribution in [2.24, 2.45) is 0 Å². The molecule has 0 spiro atoms. The summed E-state index contributed by atoms with van der Waals surface area (Å²) < 4.78 is 18.9. The highest BCUT2D eigenvalue weighted by molar-refractivity contribution is 5.78. The molecule has 1 aliphatic rings. The minimum atomic E-state index is -0.362. The molecular formula is C19H24FN5O2. The van der Waals surface area contributed by atoms with Crippen molar-refractivity contribution >= 4 is 11.7 Å². The maximum Gasteiger partial charge on any atom is 0.234 e. The number of carbonyl (C=O) groups is 1. The molecule has 1 aromatic heterocycles. The van der Waals surface area contributed by atoms with E-state index in [4.69, 9.17) is 4.74 Å². The van der Waals surface area contributed by atoms with E-state index in [2.05, 4.69) is 25.1 Å². The van der Waals surface area contributed by atoms with Gasteiger partial charge in [0.2, 0.25) is 11.8 Å². The highest BCUT2D eigenvalue weighted by Crippen LogP contribution is 2.23. The van der Waals surface area contributed by atoms with Crippen LogP contribution in [0.1, 0.15) is 13.8 Å². The van der Waals surface area contributed by atoms with Crippen molar-refractivity contribution < 1.29 is 13.9 Å². The molecule has 0 saturated carbocycles. The largest absolute Gasteiger partial charge is 0.439 e. The zero-order valence-corrected chi connectivity index (χ0v) is 15.6. The van der Waals surface area contributed by atoms with Gasteiger partial charge in [-0.05, 0) is 26.0 Å². The SMILES string of the molecule is CC(C)NC(=O)CN1CCN(c2cc(Oc3cccc(F)c3)ncn2)CC1. The molecule has 3 rings (SSSR count). The van der Waals surface area contributed by atoms with Gasteiger partial charge in [0, 0.05) is 44.4 Å². The second-order valence-corrected chi connectivity index (χ2v) is 6.76. The Morgan fingerprint density at radius 1 is 1.22 bits per heavy atom. The van der Waals surface area contributed by atoms with E-state index in [1.807, 2.05) is 13.8 Å². The lowest BCUT2D eigenvalue weighted by molar-refractivity contribution is -0.122. The topological polar surface area (TPSA) is 70.6 Å². The highest BCUT2D eigenvalue weighted by atomic mass is 19.1. The van der Waals surface area contributed by atoms with E-state index in [-0.39, 0.29) is 17.8 Å². The van der Waals surface area contributed by atoms with Gasteiger partial charge >= 0.3 is 0 Å². The number of ether oxygens (including phenoxy) is 1. The first kappa shape index (κ1) is 19.0. The molecule has 1 aliphatic heterocycles. The molecule has 0 bridgehead atoms. The Balaban J connectivity index is 1.56. The van der Waals surface area contributed by atoms with E-state index in [9.17, 15) is 9.18 Å². The van der Waals surface area contributed by atoms with Gasteiger partial charge in [-0.1, -0.05) is 6.07 Å². The molecule has 144 valence electrons. The molecule has 0 unspecified atom stereocenters. The summed E-state index contributed by atoms with van der Waals surface area (Å²) in [4.78, 5) is 24.5. The van der Waals surface area contributed by atoms with E-state index >= 15 is 0 Å². The average Bonchev–Trinajstić information content (AvgIpc) is 2.62. The number of hydrogen-bond acceptors (Lipinski definition) is 6. The van der Waals surface area contributed by atoms with Gasteiger partial charge in [-0.15, -0.1) is 0 Å². The Morgan fingerprint density at radius 3 is 2.70 bits per heavy atom. The summed E-state index contributed by atoms with van der Waals surface area (Å²) in [5.74, 6) is 1.19. The van der Waals surface area contributed by atoms with Gasteiger partial charge in [-0.2, -0.15) is 0 Å². The van der Waals surface area contributed by atoms with E-state index in [1.165, 1.54) is 18.5 Å². The summed E-state index contributed by atoms with van der Waals surface area (Å²) in [5.41, 5.74) is 0. The van der Waals surface area contributed by atoms with Crippen LogP contribution < -0.4 is 15.0 Å². The molecule has 2 aromatic rings. The molecule has 1 saturated heterocycles. The Kier molecular flexibility index (Phi) is 6.18. The third-order valence-electron chi connectivity index (χ3n) is 4.16. The van der Waals surface area contributed by atoms with Crippen LogP contribution in [0.3, 0.4) is 0 Å². The van der Waals surface area contributed by atoms with E-state index in [1.54, 1.807) is 18.2 Å². The predicted molar refractivity (Wildman–Crippen MR) is 100 cm³/mol. The predicted octanol–water partition coefficient (Wildman–Crippen LogP) is 2.05. The summed E-state index contributed by atoms with van der Waals surface area (Å²) in [6.07, 6.45) is 1.44. The molecule has 1 fully saturated rings. The van der Waals surface area contributed by atoms with Crippen LogP contribution in [0.2, 0.25) is 0 Å². The van der Waals surface area contributed by atoms with Crippen LogP contribution in [0.25, 0.3) is 0 Å². The molecule has 1 N–H and O–H groups in total. The Labute approximate surface area is 158 Å². The maximum absolute atomic E-state index is 13.3. The number of amides is 1. The van der Waals surface area contributed by atoms with Crippen molar-refractivity contribution in [1.29, 1.82) is 0 Å². The lowest BCUT2D eigenvalue weighted by Gasteiger charge is -2.35. The number of benzene rings is 1. The van der Waals surface area contributed by atoms with Crippen molar-refractivity contribution in [3.05, 3.63) is 42.5 Å². The number of nitrogens with zero attached hydrogens (tertiary/aromatic N) is 4. The molecule has 7 nitrogen and oxygen atoms in total. The standard InChI is InChI=1S/C19H24FN5O2/c1-14(2)23-18(26)12-24-6-8-25(9-7-24)17-11-19(22-13-21-17)27-16-5-3-4-15(20)10-16/h3-5,10-11,13-14H,6-9,12H2,1-2H3,(H,23,26). The van der Waals surface area contributed by atoms with Crippen molar-refractivity contribution in [3.63, 3.8) is 0 Å². The van der Waals surface area contributed by atoms with Gasteiger partial charge < -0.3 is 15.0 Å². The van der Waals surface area contributed by atoms with Gasteiger partial charge in [0.25, 0.3) is 0 Å². The fraction of sp³-hybridized carbons (Fsp3) is 0.421. The minimum Gasteiger partial charge on any atom is -0.439 e. The maximum atomic E-state index is 13.3. The Hall–Kier alpha value is -2.74. The van der Waals surface area contributed by atoms with Crippen LogP contribution in [0.5, 0.6) is 11.6 Å². The number of piperazine rings is 1. The molecule has 2 heterocycles. The van der Waals surface area contributed by atoms with Gasteiger partial charge in [-0.3, -0.25) is 9.69 Å². The summed E-state index contributed by atoms with van der Waals surface area (Å²) in [5, 5.41) is 2.91. The molecule has 0 radical (unpaired) electrons. The normalized spacial score (nSPS) is 15.0. The summed E-state index contributed by atoms with van der Waals surface area (Å²) >= 11 is 0. The van der Waals surface area contributed by atoms with Gasteiger partial charge in [0.1, 0.15) is 23.7 Å². The summed E-state index contributed by atoms with van der Waals surface area (Å²) in [7, 11) is 0. The van der Waals surface area contributed by atoms with Crippen molar-refractivity contribution in [1.82, 2.24) is 20.2 Å². The first-order valence-electron chi connectivity index (χ1n) is 9.02. The van der Waals surface area contributed by atoms with E-state index < -0.39 is 0 Å². The second kappa shape index (κ2) is 8.77. The van der Waals surface area contributed by atoms with Gasteiger partial charge in [-0.25, -0.2) is 14.4 Å². The highest BCUT2D eigenvalue weighted by Gasteiger charge is 2.20. The number of carbonyl (C=O) groups excluding carboxylic acids is 1. The molecule has 0 atom stereocenters. The van der Waals surface area contributed by atoms with Crippen LogP contribution in [-0.2, 0) is 4.79 Å². The first-order chi connectivity index (χ1) is 13.0. The lowest BCUT2D eigenvalue weighted by Crippen LogP contribution is -2.50. The van der Waals surface area contributed by atoms with Crippen LogP contribution >= 0.6 is 0 Å². The van der Waals surface area contributed by atoms with Crippen LogP contribution in [0.15, 0.2) is 36.7 Å². The van der Waals surface area contributed by atoms with Crippen LogP contribution in [0.4, 0.5) is 10.2 Å². The fourth-order valence-electron chi connectivity index (χ4n) is 2.92. The minimum absolute atomic E-state index is 0.0475. The molecule has 1 amide bonds. The zero-order chi connectivity index (χ0) is 19.2. The van der Waals surface area contributed by atoms with Crippen LogP contribution in [-0.4, -0.2) is 59.5 Å². The summed E-state index contributed by atoms with van der Waals surface area (Å²) in [6, 6.07) is 7.82. The van der Waals surface area contributed by atoms with E-state index in [0.717, 1.165) is 32.0 Å². The Bertz CT molecular complexity index is 778. The number of halogens is 1. The first-order valence-corrected chi connectivity index (χ1v) is 9.02. The van der Waals surface area contributed by atoms with E-state index in [0.29, 0.717) is 18.2 Å². The molecule has 0 aliphatic carbocycles. The number of hydrogen-bond donors (Lipinski definition) is 1. The number of anilines is 1. The molecule has 1 aromatic carbocycles. The van der Waals surface area contributed by atoms with Crippen LogP contribution in [0, 0.1) is 5.82 Å². The number of aromatic nitrogens is 2. The van der Waals surface area contributed by atoms with Gasteiger partial charge in [0.15, 0.2) is 0 Å². The third-order valence-corrected chi connectivity index (χ3v) is 4.16.